The van der Waals surface area contributed by atoms with E-state index < -0.39 is 0 Å². The van der Waals surface area contributed by atoms with E-state index in [-0.39, 0.29) is 11.9 Å². The van der Waals surface area contributed by atoms with Crippen LogP contribution in [-0.4, -0.2) is 29.2 Å². The van der Waals surface area contributed by atoms with Gasteiger partial charge in [-0.2, -0.15) is 0 Å². The monoisotopic (exact) mass is 455 g/mol. The van der Waals surface area contributed by atoms with Gasteiger partial charge < -0.3 is 14.8 Å². The van der Waals surface area contributed by atoms with Gasteiger partial charge in [-0.3, -0.25) is 9.36 Å². The number of anilines is 1. The van der Waals surface area contributed by atoms with Crippen LogP contribution in [0.25, 0.3) is 16.7 Å². The van der Waals surface area contributed by atoms with Crippen LogP contribution < -0.4 is 10.1 Å². The van der Waals surface area contributed by atoms with Crippen molar-refractivity contribution in [2.45, 2.75) is 39.7 Å². The second-order valence-corrected chi connectivity index (χ2v) is 8.94. The topological polar surface area (TPSA) is 65.4 Å². The van der Waals surface area contributed by atoms with Gasteiger partial charge in [-0.05, 0) is 61.7 Å². The first-order valence-electron chi connectivity index (χ1n) is 11.6. The van der Waals surface area contributed by atoms with Crippen LogP contribution in [0.15, 0.2) is 54.6 Å². The highest BCUT2D eigenvalue weighted by Crippen LogP contribution is 2.38. The molecule has 174 valence electrons. The molecule has 5 rings (SSSR count). The van der Waals surface area contributed by atoms with Gasteiger partial charge in [-0.1, -0.05) is 24.3 Å². The first kappa shape index (κ1) is 22.0. The predicted octanol–water partition coefficient (Wildman–Crippen LogP) is 5.60. The zero-order valence-electron chi connectivity index (χ0n) is 20.0. The normalized spacial score (nSPS) is 14.6. The minimum absolute atomic E-state index is 0.0486. The molecule has 6 heteroatoms. The number of rotatable bonds is 6. The van der Waals surface area contributed by atoms with Crippen molar-refractivity contribution in [1.29, 1.82) is 0 Å². The van der Waals surface area contributed by atoms with Crippen molar-refractivity contribution in [3.8, 4) is 11.4 Å². The molecule has 0 spiro atoms. The molecule has 0 saturated heterocycles. The molecule has 0 amide bonds. The van der Waals surface area contributed by atoms with E-state index in [1.165, 1.54) is 23.8 Å². The first-order valence-corrected chi connectivity index (χ1v) is 11.6. The number of aromatic nitrogens is 2. The van der Waals surface area contributed by atoms with Crippen molar-refractivity contribution in [3.63, 3.8) is 0 Å². The maximum absolute atomic E-state index is 11.7. The Morgan fingerprint density at radius 2 is 2.00 bits per heavy atom. The number of imidazole rings is 1. The summed E-state index contributed by atoms with van der Waals surface area (Å²) >= 11 is 0. The fourth-order valence-corrected chi connectivity index (χ4v) is 4.76. The van der Waals surface area contributed by atoms with Gasteiger partial charge in [0.1, 0.15) is 11.6 Å². The predicted molar refractivity (Wildman–Crippen MR) is 134 cm³/mol. The lowest BCUT2D eigenvalue weighted by Gasteiger charge is -2.16. The third kappa shape index (κ3) is 4.00. The largest absolute Gasteiger partial charge is 0.493 e. The Morgan fingerprint density at radius 1 is 1.15 bits per heavy atom. The lowest BCUT2D eigenvalue weighted by atomic mass is 9.97. The molecule has 1 aliphatic heterocycles. The van der Waals surface area contributed by atoms with E-state index in [1.807, 2.05) is 18.2 Å². The van der Waals surface area contributed by atoms with Crippen molar-refractivity contribution in [1.82, 2.24) is 9.55 Å². The van der Waals surface area contributed by atoms with Gasteiger partial charge in [-0.25, -0.2) is 4.98 Å². The average Bonchev–Trinajstić information content (AvgIpc) is 3.37. The molecule has 34 heavy (non-hydrogen) atoms. The van der Waals surface area contributed by atoms with Crippen LogP contribution in [0.4, 0.5) is 5.69 Å². The van der Waals surface area contributed by atoms with Gasteiger partial charge in [0.2, 0.25) is 0 Å². The van der Waals surface area contributed by atoms with E-state index in [2.05, 4.69) is 67.1 Å². The van der Waals surface area contributed by atoms with E-state index in [0.29, 0.717) is 19.6 Å². The lowest BCUT2D eigenvalue weighted by molar-refractivity contribution is -0.141. The molecule has 1 N–H and O–H groups in total. The third-order valence-electron chi connectivity index (χ3n) is 6.65. The summed E-state index contributed by atoms with van der Waals surface area (Å²) in [5.74, 6) is 1.65. The quantitative estimate of drug-likeness (QED) is 0.383. The third-order valence-corrected chi connectivity index (χ3v) is 6.65. The first-order chi connectivity index (χ1) is 16.4. The molecule has 3 aromatic carbocycles. The fourth-order valence-electron chi connectivity index (χ4n) is 4.76. The smallest absolute Gasteiger partial charge is 0.306 e. The Bertz CT molecular complexity index is 1390. The number of carbonyl (C=O) groups excluding carboxylic acids is 1. The minimum Gasteiger partial charge on any atom is -0.493 e. The molecule has 0 radical (unpaired) electrons. The fraction of sp³-hybridized carbons (Fsp3) is 0.286. The van der Waals surface area contributed by atoms with E-state index in [0.717, 1.165) is 39.5 Å². The van der Waals surface area contributed by atoms with Crippen molar-refractivity contribution in [2.75, 3.05) is 19.0 Å². The second kappa shape index (κ2) is 8.86. The summed E-state index contributed by atoms with van der Waals surface area (Å²) in [5.41, 5.74) is 8.98. The summed E-state index contributed by atoms with van der Waals surface area (Å²) in [4.78, 5) is 16.4. The Kier molecular flexibility index (Phi) is 5.74. The molecule has 2 heterocycles. The van der Waals surface area contributed by atoms with Crippen molar-refractivity contribution < 1.29 is 14.3 Å². The molecular formula is C28H29N3O3. The highest BCUT2D eigenvalue weighted by molar-refractivity contribution is 5.79. The summed E-state index contributed by atoms with van der Waals surface area (Å²) in [6.45, 7) is 7.50. The van der Waals surface area contributed by atoms with Crippen LogP contribution in [0.5, 0.6) is 5.75 Å². The number of esters is 1. The summed E-state index contributed by atoms with van der Waals surface area (Å²) < 4.78 is 12.9. The Morgan fingerprint density at radius 3 is 2.82 bits per heavy atom. The zero-order valence-corrected chi connectivity index (χ0v) is 20.0. The molecule has 1 unspecified atom stereocenters. The highest BCUT2D eigenvalue weighted by atomic mass is 16.5. The number of ether oxygens (including phenoxy) is 2. The summed E-state index contributed by atoms with van der Waals surface area (Å²) in [5, 5.41) is 3.53. The molecule has 0 saturated carbocycles. The van der Waals surface area contributed by atoms with Crippen LogP contribution in [0.3, 0.4) is 0 Å². The van der Waals surface area contributed by atoms with Gasteiger partial charge in [0.25, 0.3) is 0 Å². The maximum Gasteiger partial charge on any atom is 0.306 e. The molecule has 0 aliphatic carbocycles. The number of benzene rings is 3. The maximum atomic E-state index is 11.7. The van der Waals surface area contributed by atoms with Gasteiger partial charge in [-0.15, -0.1) is 0 Å². The molecule has 0 fully saturated rings. The lowest BCUT2D eigenvalue weighted by Crippen LogP contribution is -2.09. The number of hydrogen-bond donors (Lipinski definition) is 1. The second-order valence-electron chi connectivity index (χ2n) is 8.94. The van der Waals surface area contributed by atoms with E-state index in [9.17, 15) is 4.79 Å². The van der Waals surface area contributed by atoms with E-state index in [1.54, 1.807) is 0 Å². The van der Waals surface area contributed by atoms with Crippen molar-refractivity contribution in [3.05, 3.63) is 82.7 Å². The Labute approximate surface area is 199 Å². The molecular weight excluding hydrogens is 426 g/mol. The van der Waals surface area contributed by atoms with Crippen LogP contribution in [0.2, 0.25) is 0 Å². The molecule has 6 nitrogen and oxygen atoms in total. The van der Waals surface area contributed by atoms with Crippen LogP contribution >= 0.6 is 0 Å². The number of methoxy groups -OCH3 is 1. The van der Waals surface area contributed by atoms with Gasteiger partial charge in [0.15, 0.2) is 0 Å². The van der Waals surface area contributed by atoms with Gasteiger partial charge in [0, 0.05) is 29.8 Å². The standard InChI is InChI=1S/C28H29N3O3/c1-17-8-11-26-24(12-17)30-19(3)31(26)25-7-5-6-20(18(25)2)15-29-22-9-10-23-21(13-28(32)33-4)16-34-27(23)14-22/h5-12,14,21,29H,13,15-16H2,1-4H3. The van der Waals surface area contributed by atoms with Gasteiger partial charge >= 0.3 is 5.97 Å². The summed E-state index contributed by atoms with van der Waals surface area (Å²) in [6, 6.07) is 18.9. The van der Waals surface area contributed by atoms with Crippen LogP contribution in [-0.2, 0) is 16.1 Å². The van der Waals surface area contributed by atoms with E-state index >= 15 is 0 Å². The van der Waals surface area contributed by atoms with E-state index in [4.69, 9.17) is 14.5 Å². The number of nitrogens with zero attached hydrogens (tertiary/aromatic N) is 2. The molecule has 1 atom stereocenters. The number of nitrogens with one attached hydrogen (secondary N) is 1. The number of carbonyl (C=O) groups is 1. The number of hydrogen-bond acceptors (Lipinski definition) is 5. The average molecular weight is 456 g/mol. The van der Waals surface area contributed by atoms with Crippen molar-refractivity contribution >= 4 is 22.7 Å². The Balaban J connectivity index is 1.37. The van der Waals surface area contributed by atoms with Gasteiger partial charge in [0.05, 0.1) is 36.9 Å². The summed E-state index contributed by atoms with van der Waals surface area (Å²) in [6.07, 6.45) is 0.337. The SMILES string of the molecule is COC(=O)CC1COc2cc(NCc3cccc(-n4c(C)nc5cc(C)ccc54)c3C)ccc21. The zero-order chi connectivity index (χ0) is 23.8. The molecule has 1 aliphatic rings. The minimum atomic E-state index is -0.213. The highest BCUT2D eigenvalue weighted by Gasteiger charge is 2.27. The number of fused-ring (bicyclic) bond motifs is 2. The van der Waals surface area contributed by atoms with Crippen LogP contribution in [0, 0.1) is 20.8 Å². The molecule has 1 aromatic heterocycles. The molecule has 4 aromatic rings. The molecule has 0 bridgehead atoms. The van der Waals surface area contributed by atoms with Crippen LogP contribution in [0.1, 0.15) is 40.4 Å². The Hall–Kier alpha value is -3.80. The number of aryl methyl sites for hydroxylation is 2. The van der Waals surface area contributed by atoms with Crippen molar-refractivity contribution in [2.24, 2.45) is 0 Å². The summed E-state index contributed by atoms with van der Waals surface area (Å²) in [7, 11) is 1.42.